The van der Waals surface area contributed by atoms with Crippen molar-refractivity contribution < 1.29 is 32.6 Å². The monoisotopic (exact) mass is 379 g/mol. The summed E-state index contributed by atoms with van der Waals surface area (Å²) in [5, 5.41) is 2.60. The van der Waals surface area contributed by atoms with Gasteiger partial charge in [-0.2, -0.15) is 0 Å². The van der Waals surface area contributed by atoms with Crippen LogP contribution in [0, 0.1) is 11.6 Å². The quantitative estimate of drug-likeness (QED) is 0.747. The van der Waals surface area contributed by atoms with Crippen LogP contribution in [-0.2, 0) is 16.0 Å². The lowest BCUT2D eigenvalue weighted by molar-refractivity contribution is -0.116. The SMILES string of the molecule is COC(=O)c1cc(OC)c(OC)cc1NC(=O)CCc1ccc(F)c(F)c1. The maximum atomic E-state index is 13.2. The Kier molecular flexibility index (Phi) is 6.70. The Bertz CT molecular complexity index is 854. The maximum Gasteiger partial charge on any atom is 0.340 e. The van der Waals surface area contributed by atoms with Gasteiger partial charge in [0.25, 0.3) is 0 Å². The van der Waals surface area contributed by atoms with Crippen LogP contribution in [0.4, 0.5) is 14.5 Å². The molecule has 0 saturated carbocycles. The molecule has 2 rings (SSSR count). The van der Waals surface area contributed by atoms with Crippen LogP contribution in [-0.4, -0.2) is 33.2 Å². The molecule has 0 aromatic heterocycles. The third kappa shape index (κ3) is 4.93. The van der Waals surface area contributed by atoms with E-state index in [0.717, 1.165) is 12.1 Å². The van der Waals surface area contributed by atoms with Crippen molar-refractivity contribution in [2.24, 2.45) is 0 Å². The van der Waals surface area contributed by atoms with Crippen molar-refractivity contribution in [2.45, 2.75) is 12.8 Å². The van der Waals surface area contributed by atoms with Crippen molar-refractivity contribution in [3.8, 4) is 11.5 Å². The second kappa shape index (κ2) is 8.98. The van der Waals surface area contributed by atoms with E-state index in [1.54, 1.807) is 0 Å². The second-order valence-electron chi connectivity index (χ2n) is 5.54. The molecule has 0 fully saturated rings. The molecule has 0 aliphatic heterocycles. The van der Waals surface area contributed by atoms with Gasteiger partial charge in [-0.25, -0.2) is 13.6 Å². The first kappa shape index (κ1) is 20.2. The van der Waals surface area contributed by atoms with Crippen LogP contribution >= 0.6 is 0 Å². The summed E-state index contributed by atoms with van der Waals surface area (Å²) in [6, 6.07) is 6.29. The van der Waals surface area contributed by atoms with Crippen LogP contribution in [0.2, 0.25) is 0 Å². The second-order valence-corrected chi connectivity index (χ2v) is 5.54. The normalized spacial score (nSPS) is 10.3. The highest BCUT2D eigenvalue weighted by Crippen LogP contribution is 2.33. The fraction of sp³-hybridized carbons (Fsp3) is 0.263. The minimum absolute atomic E-state index is 0.0000294. The lowest BCUT2D eigenvalue weighted by Crippen LogP contribution is -2.16. The van der Waals surface area contributed by atoms with Crippen LogP contribution in [0.3, 0.4) is 0 Å². The summed E-state index contributed by atoms with van der Waals surface area (Å²) >= 11 is 0. The summed E-state index contributed by atoms with van der Waals surface area (Å²) in [7, 11) is 4.05. The van der Waals surface area contributed by atoms with Gasteiger partial charge in [0.2, 0.25) is 5.91 Å². The van der Waals surface area contributed by atoms with Gasteiger partial charge in [0.05, 0.1) is 32.6 Å². The van der Waals surface area contributed by atoms with Gasteiger partial charge >= 0.3 is 5.97 Å². The lowest BCUT2D eigenvalue weighted by Gasteiger charge is -2.14. The molecule has 0 aliphatic rings. The molecule has 6 nitrogen and oxygen atoms in total. The summed E-state index contributed by atoms with van der Waals surface area (Å²) in [6.07, 6.45) is 0.198. The highest BCUT2D eigenvalue weighted by atomic mass is 19.2. The smallest absolute Gasteiger partial charge is 0.340 e. The highest BCUT2D eigenvalue weighted by molar-refractivity contribution is 6.02. The van der Waals surface area contributed by atoms with Crippen LogP contribution < -0.4 is 14.8 Å². The number of aryl methyl sites for hydroxylation is 1. The number of amides is 1. The molecule has 2 aromatic rings. The minimum atomic E-state index is -0.972. The van der Waals surface area contributed by atoms with Gasteiger partial charge in [-0.1, -0.05) is 6.07 Å². The zero-order valence-corrected chi connectivity index (χ0v) is 15.1. The lowest BCUT2D eigenvalue weighted by atomic mass is 10.1. The number of hydrogen-bond donors (Lipinski definition) is 1. The van der Waals surface area contributed by atoms with Crippen molar-refractivity contribution in [2.75, 3.05) is 26.6 Å². The Hall–Kier alpha value is -3.16. The van der Waals surface area contributed by atoms with Crippen molar-refractivity contribution in [3.63, 3.8) is 0 Å². The first-order valence-electron chi connectivity index (χ1n) is 7.97. The van der Waals surface area contributed by atoms with E-state index >= 15 is 0 Å². The van der Waals surface area contributed by atoms with E-state index in [9.17, 15) is 18.4 Å². The van der Waals surface area contributed by atoms with Crippen molar-refractivity contribution >= 4 is 17.6 Å². The van der Waals surface area contributed by atoms with Crippen LogP contribution in [0.15, 0.2) is 30.3 Å². The Labute approximate surface area is 155 Å². The number of rotatable bonds is 7. The molecule has 144 valence electrons. The number of esters is 1. The first-order chi connectivity index (χ1) is 12.9. The molecule has 0 heterocycles. The number of halogens is 2. The van der Waals surface area contributed by atoms with E-state index in [4.69, 9.17) is 14.2 Å². The first-order valence-corrected chi connectivity index (χ1v) is 7.97. The fourth-order valence-corrected chi connectivity index (χ4v) is 2.43. The Morgan fingerprint density at radius 1 is 0.963 bits per heavy atom. The minimum Gasteiger partial charge on any atom is -0.493 e. The molecule has 0 spiro atoms. The summed E-state index contributed by atoms with van der Waals surface area (Å²) in [5.74, 6) is -2.38. The zero-order valence-electron chi connectivity index (χ0n) is 15.1. The number of carbonyl (C=O) groups is 2. The summed E-state index contributed by atoms with van der Waals surface area (Å²) in [6.45, 7) is 0. The van der Waals surface area contributed by atoms with Gasteiger partial charge in [0.1, 0.15) is 0 Å². The summed E-state index contributed by atoms with van der Waals surface area (Å²) in [4.78, 5) is 24.2. The van der Waals surface area contributed by atoms with E-state index in [-0.39, 0.29) is 24.1 Å². The van der Waals surface area contributed by atoms with E-state index in [2.05, 4.69) is 5.32 Å². The molecule has 0 atom stereocenters. The molecule has 27 heavy (non-hydrogen) atoms. The average Bonchev–Trinajstić information content (AvgIpc) is 2.67. The molecule has 0 aliphatic carbocycles. The number of carbonyl (C=O) groups excluding carboxylic acids is 2. The fourth-order valence-electron chi connectivity index (χ4n) is 2.43. The molecule has 0 saturated heterocycles. The van der Waals surface area contributed by atoms with Crippen molar-refractivity contribution in [1.29, 1.82) is 0 Å². The molecule has 8 heteroatoms. The van der Waals surface area contributed by atoms with Gasteiger partial charge < -0.3 is 19.5 Å². The van der Waals surface area contributed by atoms with E-state index in [0.29, 0.717) is 17.1 Å². The molecule has 1 amide bonds. The zero-order chi connectivity index (χ0) is 20.0. The van der Waals surface area contributed by atoms with Gasteiger partial charge in [-0.05, 0) is 24.1 Å². The molecule has 1 N–H and O–H groups in total. The van der Waals surface area contributed by atoms with E-state index < -0.39 is 23.5 Å². The van der Waals surface area contributed by atoms with Crippen molar-refractivity contribution in [3.05, 3.63) is 53.1 Å². The predicted molar refractivity (Wildman–Crippen MR) is 94.2 cm³/mol. The van der Waals surface area contributed by atoms with Gasteiger partial charge in [-0.3, -0.25) is 4.79 Å². The van der Waals surface area contributed by atoms with Gasteiger partial charge in [0, 0.05) is 18.6 Å². The number of anilines is 1. The number of nitrogens with one attached hydrogen (secondary N) is 1. The largest absolute Gasteiger partial charge is 0.493 e. The van der Waals surface area contributed by atoms with Gasteiger partial charge in [-0.15, -0.1) is 0 Å². The summed E-state index contributed by atoms with van der Waals surface area (Å²) < 4.78 is 41.2. The average molecular weight is 379 g/mol. The number of ether oxygens (including phenoxy) is 3. The highest BCUT2D eigenvalue weighted by Gasteiger charge is 2.19. The standard InChI is InChI=1S/C19H19F2NO5/c1-25-16-9-12(19(24)27-3)15(10-17(16)26-2)22-18(23)7-5-11-4-6-13(20)14(21)8-11/h4,6,8-10H,5,7H2,1-3H3,(H,22,23). The molecule has 2 aromatic carbocycles. The third-order valence-electron chi connectivity index (χ3n) is 3.83. The van der Waals surface area contributed by atoms with Crippen LogP contribution in [0.5, 0.6) is 11.5 Å². The molecule has 0 unspecified atom stereocenters. The van der Waals surface area contributed by atoms with Crippen LogP contribution in [0.1, 0.15) is 22.3 Å². The Balaban J connectivity index is 2.17. The number of hydrogen-bond acceptors (Lipinski definition) is 5. The van der Waals surface area contributed by atoms with Crippen molar-refractivity contribution in [1.82, 2.24) is 0 Å². The van der Waals surface area contributed by atoms with E-state index in [1.807, 2.05) is 0 Å². The molecular formula is C19H19F2NO5. The van der Waals surface area contributed by atoms with Gasteiger partial charge in [0.15, 0.2) is 23.1 Å². The Morgan fingerprint density at radius 2 is 1.63 bits per heavy atom. The number of benzene rings is 2. The topological polar surface area (TPSA) is 73.9 Å². The van der Waals surface area contributed by atoms with Crippen LogP contribution in [0.25, 0.3) is 0 Å². The predicted octanol–water partition coefficient (Wildman–Crippen LogP) is 3.34. The third-order valence-corrected chi connectivity index (χ3v) is 3.83. The maximum absolute atomic E-state index is 13.2. The molecular weight excluding hydrogens is 360 g/mol. The molecule has 0 radical (unpaired) electrons. The summed E-state index contributed by atoms with van der Waals surface area (Å²) in [5.41, 5.74) is 0.760. The molecule has 0 bridgehead atoms. The number of methoxy groups -OCH3 is 3. The van der Waals surface area contributed by atoms with E-state index in [1.165, 1.54) is 39.5 Å². The Morgan fingerprint density at radius 3 is 2.22 bits per heavy atom.